The monoisotopic (exact) mass is 383 g/mol. The van der Waals surface area contributed by atoms with Crippen LogP contribution in [0.3, 0.4) is 0 Å². The molecule has 0 saturated heterocycles. The Balaban J connectivity index is 1.59. The van der Waals surface area contributed by atoms with Crippen LogP contribution in [0, 0.1) is 0 Å². The van der Waals surface area contributed by atoms with Gasteiger partial charge in [0.2, 0.25) is 0 Å². The highest BCUT2D eigenvalue weighted by Gasteiger charge is 2.29. The number of benzene rings is 2. The SMILES string of the molecule is C=CCC(F)(F)c1cccc(CC(C)NC(=O)Nc2ccc3[nH]ccc3c2)c1. The van der Waals surface area contributed by atoms with E-state index in [0.29, 0.717) is 12.1 Å². The van der Waals surface area contributed by atoms with Crippen LogP contribution < -0.4 is 10.6 Å². The largest absolute Gasteiger partial charge is 0.361 e. The average Bonchev–Trinajstić information content (AvgIpc) is 3.09. The van der Waals surface area contributed by atoms with E-state index in [0.717, 1.165) is 16.5 Å². The highest BCUT2D eigenvalue weighted by Crippen LogP contribution is 2.32. The summed E-state index contributed by atoms with van der Waals surface area (Å²) in [4.78, 5) is 15.3. The number of fused-ring (bicyclic) bond motifs is 1. The van der Waals surface area contributed by atoms with Crippen molar-refractivity contribution in [2.45, 2.75) is 31.7 Å². The highest BCUT2D eigenvalue weighted by molar-refractivity contribution is 5.92. The Bertz CT molecular complexity index is 981. The summed E-state index contributed by atoms with van der Waals surface area (Å²) in [7, 11) is 0. The number of H-pyrrole nitrogens is 1. The van der Waals surface area contributed by atoms with Gasteiger partial charge in [-0.15, -0.1) is 6.58 Å². The van der Waals surface area contributed by atoms with Crippen molar-refractivity contribution in [3.8, 4) is 0 Å². The Hall–Kier alpha value is -3.15. The minimum absolute atomic E-state index is 0.0404. The van der Waals surface area contributed by atoms with Gasteiger partial charge in [0.1, 0.15) is 0 Å². The lowest BCUT2D eigenvalue weighted by Gasteiger charge is -2.18. The van der Waals surface area contributed by atoms with Crippen molar-refractivity contribution in [3.63, 3.8) is 0 Å². The molecule has 0 radical (unpaired) electrons. The predicted octanol–water partition coefficient (Wildman–Crippen LogP) is 5.59. The van der Waals surface area contributed by atoms with Crippen LogP contribution in [-0.2, 0) is 12.3 Å². The number of urea groups is 1. The maximum absolute atomic E-state index is 14.1. The minimum atomic E-state index is -2.94. The van der Waals surface area contributed by atoms with Gasteiger partial charge in [-0.1, -0.05) is 24.3 Å². The molecule has 3 aromatic rings. The Kier molecular flexibility index (Phi) is 5.78. The summed E-state index contributed by atoms with van der Waals surface area (Å²) in [5.41, 5.74) is 2.37. The fourth-order valence-corrected chi connectivity index (χ4v) is 3.15. The molecule has 0 saturated carbocycles. The maximum Gasteiger partial charge on any atom is 0.319 e. The van der Waals surface area contributed by atoms with E-state index in [4.69, 9.17) is 0 Å². The number of halogens is 2. The van der Waals surface area contributed by atoms with Gasteiger partial charge in [-0.2, -0.15) is 0 Å². The Morgan fingerprint density at radius 2 is 2.07 bits per heavy atom. The van der Waals surface area contributed by atoms with E-state index in [1.165, 1.54) is 18.2 Å². The first-order valence-corrected chi connectivity index (χ1v) is 9.10. The lowest BCUT2D eigenvalue weighted by atomic mass is 9.99. The molecule has 1 atom stereocenters. The number of alkyl halides is 2. The van der Waals surface area contributed by atoms with Crippen molar-refractivity contribution in [2.75, 3.05) is 5.32 Å². The second-order valence-electron chi connectivity index (χ2n) is 6.88. The van der Waals surface area contributed by atoms with Crippen LogP contribution in [0.5, 0.6) is 0 Å². The molecule has 4 nitrogen and oxygen atoms in total. The minimum Gasteiger partial charge on any atom is -0.361 e. The van der Waals surface area contributed by atoms with Crippen LogP contribution >= 0.6 is 0 Å². The van der Waals surface area contributed by atoms with Crippen LogP contribution in [-0.4, -0.2) is 17.1 Å². The predicted molar refractivity (Wildman–Crippen MR) is 109 cm³/mol. The molecule has 2 aromatic carbocycles. The quantitative estimate of drug-likeness (QED) is 0.458. The molecule has 3 rings (SSSR count). The lowest BCUT2D eigenvalue weighted by molar-refractivity contribution is -0.000936. The first-order chi connectivity index (χ1) is 13.4. The fourth-order valence-electron chi connectivity index (χ4n) is 3.15. The standard InChI is InChI=1S/C22H23F2N3O/c1-3-10-22(23,24)18-6-4-5-16(13-18)12-15(2)26-21(28)27-19-7-8-20-17(14-19)9-11-25-20/h3-9,11,13-15,25H,1,10,12H2,2H3,(H2,26,27,28). The number of amides is 2. The van der Waals surface area contributed by atoms with Crippen LogP contribution in [0.4, 0.5) is 19.3 Å². The molecule has 0 aliphatic rings. The van der Waals surface area contributed by atoms with Crippen LogP contribution in [0.15, 0.2) is 67.4 Å². The Morgan fingerprint density at radius 1 is 1.25 bits per heavy atom. The molecule has 3 N–H and O–H groups in total. The number of aromatic nitrogens is 1. The van der Waals surface area contributed by atoms with E-state index in [1.54, 1.807) is 12.1 Å². The Morgan fingerprint density at radius 3 is 2.86 bits per heavy atom. The van der Waals surface area contributed by atoms with Crippen LogP contribution in [0.25, 0.3) is 10.9 Å². The van der Waals surface area contributed by atoms with Gasteiger partial charge < -0.3 is 15.6 Å². The lowest BCUT2D eigenvalue weighted by Crippen LogP contribution is -2.37. The summed E-state index contributed by atoms with van der Waals surface area (Å²) in [5, 5.41) is 6.64. The number of aromatic amines is 1. The molecule has 1 unspecified atom stereocenters. The number of carbonyl (C=O) groups excluding carboxylic acids is 1. The fraction of sp³-hybridized carbons (Fsp3) is 0.227. The summed E-state index contributed by atoms with van der Waals surface area (Å²) in [5.74, 6) is -2.94. The van der Waals surface area contributed by atoms with E-state index in [1.807, 2.05) is 37.4 Å². The summed E-state index contributed by atoms with van der Waals surface area (Å²) in [6.45, 7) is 5.22. The molecule has 146 valence electrons. The van der Waals surface area contributed by atoms with Crippen LogP contribution in [0.2, 0.25) is 0 Å². The summed E-state index contributed by atoms with van der Waals surface area (Å²) < 4.78 is 28.1. The summed E-state index contributed by atoms with van der Waals surface area (Å²) >= 11 is 0. The van der Waals surface area contributed by atoms with Gasteiger partial charge >= 0.3 is 6.03 Å². The van der Waals surface area contributed by atoms with Gasteiger partial charge in [0, 0.05) is 40.8 Å². The third kappa shape index (κ3) is 4.76. The first kappa shape index (κ1) is 19.6. The van der Waals surface area contributed by atoms with Crippen molar-refractivity contribution in [1.29, 1.82) is 0 Å². The van der Waals surface area contributed by atoms with Crippen LogP contribution in [0.1, 0.15) is 24.5 Å². The Labute approximate surface area is 162 Å². The topological polar surface area (TPSA) is 56.9 Å². The second-order valence-corrected chi connectivity index (χ2v) is 6.88. The molecule has 0 spiro atoms. The molecule has 0 bridgehead atoms. The zero-order valence-corrected chi connectivity index (χ0v) is 15.6. The number of allylic oxidation sites excluding steroid dienone is 1. The van der Waals surface area contributed by atoms with Gasteiger partial charge in [-0.3, -0.25) is 0 Å². The van der Waals surface area contributed by atoms with Crippen molar-refractivity contribution in [1.82, 2.24) is 10.3 Å². The van der Waals surface area contributed by atoms with Crippen molar-refractivity contribution >= 4 is 22.6 Å². The second kappa shape index (κ2) is 8.25. The molecule has 1 heterocycles. The molecule has 28 heavy (non-hydrogen) atoms. The van der Waals surface area contributed by atoms with E-state index in [2.05, 4.69) is 22.2 Å². The van der Waals surface area contributed by atoms with E-state index in [-0.39, 0.29) is 17.6 Å². The maximum atomic E-state index is 14.1. The zero-order chi connectivity index (χ0) is 20.1. The molecule has 0 aliphatic heterocycles. The first-order valence-electron chi connectivity index (χ1n) is 9.10. The van der Waals surface area contributed by atoms with Crippen molar-refractivity contribution in [2.24, 2.45) is 0 Å². The molecule has 0 fully saturated rings. The van der Waals surface area contributed by atoms with Gasteiger partial charge in [0.05, 0.1) is 0 Å². The number of rotatable bonds is 7. The zero-order valence-electron chi connectivity index (χ0n) is 15.6. The van der Waals surface area contributed by atoms with Gasteiger partial charge in [-0.05, 0) is 49.2 Å². The molecular formula is C22H23F2N3O. The average molecular weight is 383 g/mol. The molecule has 2 amide bonds. The van der Waals surface area contributed by atoms with E-state index < -0.39 is 12.3 Å². The number of hydrogen-bond acceptors (Lipinski definition) is 1. The van der Waals surface area contributed by atoms with Gasteiger partial charge in [0.25, 0.3) is 5.92 Å². The molecular weight excluding hydrogens is 360 g/mol. The highest BCUT2D eigenvalue weighted by atomic mass is 19.3. The van der Waals surface area contributed by atoms with E-state index >= 15 is 0 Å². The number of nitrogens with one attached hydrogen (secondary N) is 3. The number of anilines is 1. The van der Waals surface area contributed by atoms with Crippen molar-refractivity contribution < 1.29 is 13.6 Å². The third-order valence-electron chi connectivity index (χ3n) is 4.48. The number of carbonyl (C=O) groups is 1. The van der Waals surface area contributed by atoms with Gasteiger partial charge in [-0.25, -0.2) is 13.6 Å². The normalized spacial score (nSPS) is 12.5. The molecule has 1 aromatic heterocycles. The number of hydrogen-bond donors (Lipinski definition) is 3. The molecule has 6 heteroatoms. The third-order valence-corrected chi connectivity index (χ3v) is 4.48. The van der Waals surface area contributed by atoms with E-state index in [9.17, 15) is 13.6 Å². The van der Waals surface area contributed by atoms with Crippen molar-refractivity contribution in [3.05, 3.63) is 78.5 Å². The summed E-state index contributed by atoms with van der Waals surface area (Å²) in [6.07, 6.45) is 3.09. The molecule has 0 aliphatic carbocycles. The summed E-state index contributed by atoms with van der Waals surface area (Å²) in [6, 6.07) is 13.2. The van der Waals surface area contributed by atoms with Gasteiger partial charge in [0.15, 0.2) is 0 Å². The smallest absolute Gasteiger partial charge is 0.319 e.